The van der Waals surface area contributed by atoms with Crippen LogP contribution >= 0.6 is 0 Å². The van der Waals surface area contributed by atoms with E-state index in [9.17, 15) is 0 Å². The van der Waals surface area contributed by atoms with Crippen molar-refractivity contribution in [3.05, 3.63) is 36.4 Å². The van der Waals surface area contributed by atoms with Crippen LogP contribution in [0, 0.1) is 6.92 Å². The van der Waals surface area contributed by atoms with Gasteiger partial charge < -0.3 is 9.73 Å². The fourth-order valence-corrected chi connectivity index (χ4v) is 1.74. The van der Waals surface area contributed by atoms with Gasteiger partial charge in [0, 0.05) is 6.54 Å². The van der Waals surface area contributed by atoms with Crippen molar-refractivity contribution in [3.63, 3.8) is 0 Å². The summed E-state index contributed by atoms with van der Waals surface area (Å²) in [4.78, 5) is 8.25. The minimum absolute atomic E-state index is 0.538. The van der Waals surface area contributed by atoms with E-state index in [1.54, 1.807) is 11.0 Å². The van der Waals surface area contributed by atoms with Crippen molar-refractivity contribution in [2.24, 2.45) is 0 Å². The van der Waals surface area contributed by atoms with E-state index in [0.29, 0.717) is 12.6 Å². The van der Waals surface area contributed by atoms with Crippen LogP contribution in [0.2, 0.25) is 0 Å². The molecular weight excluding hydrogens is 230 g/mol. The van der Waals surface area contributed by atoms with Crippen molar-refractivity contribution in [3.8, 4) is 0 Å². The third-order valence-electron chi connectivity index (χ3n) is 2.63. The molecule has 0 aliphatic rings. The first-order chi connectivity index (χ1) is 8.81. The standard InChI is InChI=1S/C12H13N5O/c1-9-2-3-11-10(6-9)16-12(18-11)14-4-5-17-8-13-7-15-17/h2-3,6-8H,4-5H2,1H3,(H,14,16). The first kappa shape index (κ1) is 10.8. The number of rotatable bonds is 4. The molecule has 0 amide bonds. The molecule has 0 radical (unpaired) electrons. The Balaban J connectivity index is 1.67. The molecule has 0 fully saturated rings. The Hall–Kier alpha value is -2.37. The lowest BCUT2D eigenvalue weighted by atomic mass is 10.2. The molecule has 0 aliphatic carbocycles. The monoisotopic (exact) mass is 243 g/mol. The van der Waals surface area contributed by atoms with Gasteiger partial charge in [-0.2, -0.15) is 10.1 Å². The minimum Gasteiger partial charge on any atom is -0.424 e. The van der Waals surface area contributed by atoms with E-state index in [1.165, 1.54) is 11.9 Å². The van der Waals surface area contributed by atoms with Gasteiger partial charge in [-0.25, -0.2) is 4.98 Å². The first-order valence-corrected chi connectivity index (χ1v) is 5.75. The van der Waals surface area contributed by atoms with Gasteiger partial charge in [0.1, 0.15) is 18.2 Å². The minimum atomic E-state index is 0.538. The van der Waals surface area contributed by atoms with Gasteiger partial charge in [-0.05, 0) is 24.6 Å². The zero-order chi connectivity index (χ0) is 12.4. The van der Waals surface area contributed by atoms with Crippen LogP contribution in [0.3, 0.4) is 0 Å². The molecule has 0 aliphatic heterocycles. The smallest absolute Gasteiger partial charge is 0.295 e. The molecule has 3 aromatic rings. The highest BCUT2D eigenvalue weighted by molar-refractivity contribution is 5.75. The molecule has 6 heteroatoms. The van der Waals surface area contributed by atoms with Gasteiger partial charge >= 0.3 is 0 Å². The Bertz CT molecular complexity index is 644. The summed E-state index contributed by atoms with van der Waals surface area (Å²) in [5, 5.41) is 7.14. The van der Waals surface area contributed by atoms with Crippen molar-refractivity contribution in [1.29, 1.82) is 0 Å². The quantitative estimate of drug-likeness (QED) is 0.757. The second kappa shape index (κ2) is 4.48. The first-order valence-electron chi connectivity index (χ1n) is 5.75. The number of anilines is 1. The highest BCUT2D eigenvalue weighted by Gasteiger charge is 2.04. The fraction of sp³-hybridized carbons (Fsp3) is 0.250. The number of hydrogen-bond donors (Lipinski definition) is 1. The van der Waals surface area contributed by atoms with Crippen molar-refractivity contribution in [2.45, 2.75) is 13.5 Å². The van der Waals surface area contributed by atoms with E-state index in [-0.39, 0.29) is 0 Å². The molecule has 0 bridgehead atoms. The Morgan fingerprint density at radius 3 is 3.17 bits per heavy atom. The van der Waals surface area contributed by atoms with Crippen LogP contribution in [0.1, 0.15) is 5.56 Å². The topological polar surface area (TPSA) is 68.8 Å². The molecular formula is C12H13N5O. The van der Waals surface area contributed by atoms with Gasteiger partial charge in [-0.1, -0.05) is 6.07 Å². The summed E-state index contributed by atoms with van der Waals surface area (Å²) >= 11 is 0. The fourth-order valence-electron chi connectivity index (χ4n) is 1.74. The van der Waals surface area contributed by atoms with Gasteiger partial charge in [-0.3, -0.25) is 4.68 Å². The second-order valence-corrected chi connectivity index (χ2v) is 4.08. The van der Waals surface area contributed by atoms with Crippen LogP contribution in [-0.4, -0.2) is 26.3 Å². The molecule has 2 heterocycles. The Morgan fingerprint density at radius 2 is 2.33 bits per heavy atom. The lowest BCUT2D eigenvalue weighted by Crippen LogP contribution is -2.10. The third-order valence-corrected chi connectivity index (χ3v) is 2.63. The van der Waals surface area contributed by atoms with E-state index in [2.05, 4.69) is 20.4 Å². The molecule has 0 atom stereocenters. The summed E-state index contributed by atoms with van der Waals surface area (Å²) in [6.45, 7) is 3.44. The average molecular weight is 243 g/mol. The number of oxazole rings is 1. The van der Waals surface area contributed by atoms with Crippen molar-refractivity contribution in [1.82, 2.24) is 19.7 Å². The number of benzene rings is 1. The number of aryl methyl sites for hydroxylation is 1. The molecule has 0 saturated carbocycles. The molecule has 1 aromatic carbocycles. The van der Waals surface area contributed by atoms with Gasteiger partial charge in [0.05, 0.1) is 6.54 Å². The molecule has 3 rings (SSSR count). The summed E-state index contributed by atoms with van der Waals surface area (Å²) in [6, 6.07) is 6.48. The number of nitrogens with zero attached hydrogens (tertiary/aromatic N) is 4. The van der Waals surface area contributed by atoms with Crippen molar-refractivity contribution in [2.75, 3.05) is 11.9 Å². The maximum Gasteiger partial charge on any atom is 0.295 e. The highest BCUT2D eigenvalue weighted by atomic mass is 16.4. The summed E-state index contributed by atoms with van der Waals surface area (Å²) in [7, 11) is 0. The van der Waals surface area contributed by atoms with E-state index in [0.717, 1.165) is 17.6 Å². The van der Waals surface area contributed by atoms with E-state index in [4.69, 9.17) is 4.42 Å². The maximum absolute atomic E-state index is 5.57. The molecule has 92 valence electrons. The van der Waals surface area contributed by atoms with Gasteiger partial charge in [0.2, 0.25) is 0 Å². The molecule has 18 heavy (non-hydrogen) atoms. The number of fused-ring (bicyclic) bond motifs is 1. The zero-order valence-electron chi connectivity index (χ0n) is 10.00. The van der Waals surface area contributed by atoms with Crippen LogP contribution in [0.15, 0.2) is 35.3 Å². The van der Waals surface area contributed by atoms with Gasteiger partial charge in [0.25, 0.3) is 6.01 Å². The van der Waals surface area contributed by atoms with E-state index < -0.39 is 0 Å². The number of aromatic nitrogens is 4. The third kappa shape index (κ3) is 2.17. The molecule has 0 saturated heterocycles. The van der Waals surface area contributed by atoms with Gasteiger partial charge in [-0.15, -0.1) is 0 Å². The highest BCUT2D eigenvalue weighted by Crippen LogP contribution is 2.19. The summed E-state index contributed by atoms with van der Waals surface area (Å²) in [5.41, 5.74) is 2.84. The zero-order valence-corrected chi connectivity index (χ0v) is 10.00. The van der Waals surface area contributed by atoms with Crippen LogP contribution in [0.25, 0.3) is 11.1 Å². The summed E-state index contributed by atoms with van der Waals surface area (Å²) < 4.78 is 7.32. The van der Waals surface area contributed by atoms with Crippen LogP contribution in [-0.2, 0) is 6.54 Å². The van der Waals surface area contributed by atoms with Crippen molar-refractivity contribution < 1.29 is 4.42 Å². The molecule has 0 spiro atoms. The Labute approximate surface area is 104 Å². The summed E-state index contributed by atoms with van der Waals surface area (Å²) in [6.07, 6.45) is 3.19. The number of hydrogen-bond acceptors (Lipinski definition) is 5. The van der Waals surface area contributed by atoms with Crippen LogP contribution in [0.5, 0.6) is 0 Å². The molecule has 1 N–H and O–H groups in total. The second-order valence-electron chi connectivity index (χ2n) is 4.08. The largest absolute Gasteiger partial charge is 0.424 e. The Morgan fingerprint density at radius 1 is 1.39 bits per heavy atom. The van der Waals surface area contributed by atoms with Crippen LogP contribution < -0.4 is 5.32 Å². The molecule has 0 unspecified atom stereocenters. The summed E-state index contributed by atoms with van der Waals surface area (Å²) in [5.74, 6) is 0. The SMILES string of the molecule is Cc1ccc2oc(NCCn3cncn3)nc2c1. The van der Waals surface area contributed by atoms with Crippen molar-refractivity contribution >= 4 is 17.1 Å². The Kier molecular flexibility index (Phi) is 2.68. The average Bonchev–Trinajstić information content (AvgIpc) is 2.97. The normalized spacial score (nSPS) is 10.9. The maximum atomic E-state index is 5.57. The van der Waals surface area contributed by atoms with E-state index in [1.807, 2.05) is 25.1 Å². The van der Waals surface area contributed by atoms with Gasteiger partial charge in [0.15, 0.2) is 5.58 Å². The predicted octanol–water partition coefficient (Wildman–Crippen LogP) is 1.84. The lowest BCUT2D eigenvalue weighted by molar-refractivity contribution is 0.591. The number of nitrogens with one attached hydrogen (secondary N) is 1. The molecule has 2 aromatic heterocycles. The predicted molar refractivity (Wildman–Crippen MR) is 67.3 cm³/mol. The van der Waals surface area contributed by atoms with Crippen LogP contribution in [0.4, 0.5) is 6.01 Å². The van der Waals surface area contributed by atoms with E-state index >= 15 is 0 Å². The molecule has 6 nitrogen and oxygen atoms in total. The lowest BCUT2D eigenvalue weighted by Gasteiger charge is -2.00.